The van der Waals surface area contributed by atoms with Crippen molar-refractivity contribution in [3.05, 3.63) is 30.3 Å². The maximum atomic E-state index is 6.24. The molecule has 0 saturated carbocycles. The Morgan fingerprint density at radius 2 is 1.72 bits per heavy atom. The Labute approximate surface area is 111 Å². The van der Waals surface area contributed by atoms with E-state index in [1.54, 1.807) is 0 Å². The van der Waals surface area contributed by atoms with Crippen molar-refractivity contribution in [3.63, 3.8) is 0 Å². The van der Waals surface area contributed by atoms with Crippen LogP contribution in [0.3, 0.4) is 0 Å². The van der Waals surface area contributed by atoms with Crippen LogP contribution in [0.4, 0.5) is 0 Å². The van der Waals surface area contributed by atoms with Crippen molar-refractivity contribution in [1.82, 2.24) is 4.90 Å². The van der Waals surface area contributed by atoms with E-state index < -0.39 is 8.56 Å². The largest absolute Gasteiger partial charge is 0.390 e. The summed E-state index contributed by atoms with van der Waals surface area (Å²) in [6.45, 7) is 5.74. The average Bonchev–Trinajstić information content (AvgIpc) is 2.37. The highest BCUT2D eigenvalue weighted by Crippen LogP contribution is 2.18. The van der Waals surface area contributed by atoms with Crippen molar-refractivity contribution >= 4 is 13.7 Å². The van der Waals surface area contributed by atoms with Crippen LogP contribution >= 0.6 is 0 Å². The molecular formula is C14H23NO2Si. The molecule has 1 aromatic rings. The summed E-state index contributed by atoms with van der Waals surface area (Å²) in [5.41, 5.74) is 0. The van der Waals surface area contributed by atoms with E-state index in [1.807, 2.05) is 6.07 Å². The Morgan fingerprint density at radius 1 is 1.11 bits per heavy atom. The molecule has 0 bridgehead atoms. The molecule has 4 heteroatoms. The summed E-state index contributed by atoms with van der Waals surface area (Å²) in [5.74, 6) is 0. The van der Waals surface area contributed by atoms with Crippen LogP contribution < -0.4 is 5.19 Å². The van der Waals surface area contributed by atoms with Gasteiger partial charge in [0.2, 0.25) is 0 Å². The van der Waals surface area contributed by atoms with Crippen molar-refractivity contribution in [2.24, 2.45) is 0 Å². The van der Waals surface area contributed by atoms with Gasteiger partial charge in [-0.25, -0.2) is 0 Å². The van der Waals surface area contributed by atoms with Gasteiger partial charge in [-0.3, -0.25) is 0 Å². The van der Waals surface area contributed by atoms with Gasteiger partial charge in [0.05, 0.1) is 0 Å². The van der Waals surface area contributed by atoms with E-state index in [2.05, 4.69) is 43.1 Å². The van der Waals surface area contributed by atoms with E-state index in [1.165, 1.54) is 5.19 Å². The average molecular weight is 265 g/mol. The topological polar surface area (TPSA) is 21.7 Å². The first-order chi connectivity index (χ1) is 8.77. The van der Waals surface area contributed by atoms with Crippen molar-refractivity contribution in [3.8, 4) is 0 Å². The zero-order chi connectivity index (χ0) is 12.8. The normalized spacial score (nSPS) is 21.2. The Kier molecular flexibility index (Phi) is 4.94. The van der Waals surface area contributed by atoms with E-state index in [0.717, 1.165) is 38.8 Å². The van der Waals surface area contributed by atoms with E-state index in [-0.39, 0.29) is 0 Å². The molecule has 1 aromatic carbocycles. The van der Waals surface area contributed by atoms with Gasteiger partial charge in [0, 0.05) is 26.3 Å². The van der Waals surface area contributed by atoms with Gasteiger partial charge in [0.1, 0.15) is 0 Å². The molecule has 1 heterocycles. The van der Waals surface area contributed by atoms with E-state index >= 15 is 0 Å². The number of nitrogens with zero attached hydrogens (tertiary/aromatic N) is 1. The maximum Gasteiger partial charge on any atom is 0.372 e. The number of hydrogen-bond acceptors (Lipinski definition) is 3. The smallest absolute Gasteiger partial charge is 0.372 e. The summed E-state index contributed by atoms with van der Waals surface area (Å²) in [6.07, 6.45) is 1.11. The highest BCUT2D eigenvalue weighted by Gasteiger charge is 2.39. The molecule has 1 saturated heterocycles. The fourth-order valence-corrected chi connectivity index (χ4v) is 5.56. The Hall–Kier alpha value is -0.683. The van der Waals surface area contributed by atoms with Gasteiger partial charge in [-0.1, -0.05) is 43.7 Å². The van der Waals surface area contributed by atoms with E-state index in [4.69, 9.17) is 8.85 Å². The van der Waals surface area contributed by atoms with Crippen molar-refractivity contribution < 1.29 is 8.85 Å². The SMILES string of the molecule is CCC[Si]1(c2ccccc2)OCCN(C)CCO1. The quantitative estimate of drug-likeness (QED) is 0.777. The third-order valence-electron chi connectivity index (χ3n) is 3.41. The molecule has 18 heavy (non-hydrogen) atoms. The van der Waals surface area contributed by atoms with Crippen LogP contribution in [0.5, 0.6) is 0 Å². The third-order valence-corrected chi connectivity index (χ3v) is 7.12. The molecule has 0 unspecified atom stereocenters. The zero-order valence-electron chi connectivity index (χ0n) is 11.4. The Balaban J connectivity index is 2.20. The lowest BCUT2D eigenvalue weighted by molar-refractivity contribution is 0.113. The van der Waals surface area contributed by atoms with Crippen molar-refractivity contribution in [2.75, 3.05) is 33.4 Å². The highest BCUT2D eigenvalue weighted by atomic mass is 28.4. The van der Waals surface area contributed by atoms with Crippen LogP contribution in [0.2, 0.25) is 6.04 Å². The first kappa shape index (κ1) is 13.7. The summed E-state index contributed by atoms with van der Waals surface area (Å²) < 4.78 is 12.5. The predicted octanol–water partition coefficient (Wildman–Crippen LogP) is 1.72. The van der Waals surface area contributed by atoms with Crippen LogP contribution in [-0.2, 0) is 8.85 Å². The van der Waals surface area contributed by atoms with Gasteiger partial charge < -0.3 is 13.8 Å². The lowest BCUT2D eigenvalue weighted by Gasteiger charge is -2.34. The summed E-state index contributed by atoms with van der Waals surface area (Å²) in [5, 5.41) is 1.27. The molecule has 0 radical (unpaired) electrons. The standard InChI is InChI=1S/C14H23NO2Si/c1-3-13-18(14-7-5-4-6-8-14)16-11-9-15(2)10-12-17-18/h4-8H,3,9-13H2,1-2H3. The fraction of sp³-hybridized carbons (Fsp3) is 0.571. The lowest BCUT2D eigenvalue weighted by Crippen LogP contribution is -2.56. The minimum Gasteiger partial charge on any atom is -0.390 e. The number of likely N-dealkylation sites (N-methyl/N-ethyl adjacent to an activating group) is 1. The van der Waals surface area contributed by atoms with Crippen LogP contribution in [-0.4, -0.2) is 46.8 Å². The number of hydrogen-bond donors (Lipinski definition) is 0. The van der Waals surface area contributed by atoms with Gasteiger partial charge in [-0.15, -0.1) is 0 Å². The summed E-state index contributed by atoms with van der Waals surface area (Å²) >= 11 is 0. The molecule has 0 amide bonds. The second-order valence-corrected chi connectivity index (χ2v) is 8.03. The van der Waals surface area contributed by atoms with Gasteiger partial charge in [0.25, 0.3) is 0 Å². The molecular weight excluding hydrogens is 242 g/mol. The van der Waals surface area contributed by atoms with Gasteiger partial charge in [-0.05, 0) is 18.3 Å². The first-order valence-electron chi connectivity index (χ1n) is 6.79. The van der Waals surface area contributed by atoms with Crippen LogP contribution in [0, 0.1) is 0 Å². The molecule has 0 aliphatic carbocycles. The molecule has 0 N–H and O–H groups in total. The molecule has 1 aliphatic rings. The monoisotopic (exact) mass is 265 g/mol. The minimum atomic E-state index is -2.20. The Bertz CT molecular complexity index is 348. The van der Waals surface area contributed by atoms with Crippen LogP contribution in [0.25, 0.3) is 0 Å². The second kappa shape index (κ2) is 6.47. The molecule has 3 nitrogen and oxygen atoms in total. The summed E-state index contributed by atoms with van der Waals surface area (Å²) in [6, 6.07) is 11.6. The Morgan fingerprint density at radius 3 is 2.28 bits per heavy atom. The van der Waals surface area contributed by atoms with Gasteiger partial charge in [0.15, 0.2) is 0 Å². The van der Waals surface area contributed by atoms with Crippen LogP contribution in [0.15, 0.2) is 30.3 Å². The third kappa shape index (κ3) is 3.20. The van der Waals surface area contributed by atoms with Gasteiger partial charge in [-0.2, -0.15) is 0 Å². The molecule has 1 aliphatic heterocycles. The molecule has 2 rings (SSSR count). The van der Waals surface area contributed by atoms with Gasteiger partial charge >= 0.3 is 8.56 Å². The highest BCUT2D eigenvalue weighted by molar-refractivity contribution is 6.81. The molecule has 0 spiro atoms. The molecule has 0 aromatic heterocycles. The minimum absolute atomic E-state index is 0.775. The van der Waals surface area contributed by atoms with E-state index in [0.29, 0.717) is 0 Å². The molecule has 0 atom stereocenters. The summed E-state index contributed by atoms with van der Waals surface area (Å²) in [4.78, 5) is 2.26. The number of benzene rings is 1. The zero-order valence-corrected chi connectivity index (χ0v) is 12.4. The fourth-order valence-electron chi connectivity index (χ4n) is 2.36. The molecule has 1 fully saturated rings. The van der Waals surface area contributed by atoms with Crippen molar-refractivity contribution in [2.45, 2.75) is 19.4 Å². The lowest BCUT2D eigenvalue weighted by atomic mass is 10.4. The first-order valence-corrected chi connectivity index (χ1v) is 8.81. The second-order valence-electron chi connectivity index (χ2n) is 4.87. The maximum absolute atomic E-state index is 6.24. The molecule has 100 valence electrons. The van der Waals surface area contributed by atoms with E-state index in [9.17, 15) is 0 Å². The van der Waals surface area contributed by atoms with Crippen LogP contribution in [0.1, 0.15) is 13.3 Å². The van der Waals surface area contributed by atoms with Crippen molar-refractivity contribution in [1.29, 1.82) is 0 Å². The number of rotatable bonds is 3. The predicted molar refractivity (Wildman–Crippen MR) is 76.3 cm³/mol. The summed E-state index contributed by atoms with van der Waals surface area (Å²) in [7, 11) is -0.0829.